The van der Waals surface area contributed by atoms with Gasteiger partial charge in [0.1, 0.15) is 5.75 Å². The molecular formula is C18H20O4S. The van der Waals surface area contributed by atoms with E-state index in [-0.39, 0.29) is 23.4 Å². The van der Waals surface area contributed by atoms with Crippen molar-refractivity contribution in [3.05, 3.63) is 59.7 Å². The Balaban J connectivity index is 2.34. The lowest BCUT2D eigenvalue weighted by Crippen LogP contribution is -1.98. The molecule has 0 heterocycles. The summed E-state index contributed by atoms with van der Waals surface area (Å²) in [6.45, 7) is 0.0622. The number of phenols is 2. The van der Waals surface area contributed by atoms with Crippen molar-refractivity contribution in [2.24, 2.45) is 0 Å². The average Bonchev–Trinajstić information content (AvgIpc) is 2.58. The molecule has 0 fully saturated rings. The Morgan fingerprint density at radius 2 is 1.83 bits per heavy atom. The summed E-state index contributed by atoms with van der Waals surface area (Å²) in [6, 6.07) is 12.8. The summed E-state index contributed by atoms with van der Waals surface area (Å²) in [5, 5.41) is 28.4. The Morgan fingerprint density at radius 3 is 2.48 bits per heavy atom. The van der Waals surface area contributed by atoms with Crippen molar-refractivity contribution in [3.63, 3.8) is 0 Å². The molecule has 3 N–H and O–H groups in total. The van der Waals surface area contributed by atoms with Crippen LogP contribution in [0, 0.1) is 0 Å². The van der Waals surface area contributed by atoms with Crippen LogP contribution in [0.3, 0.4) is 0 Å². The Labute approximate surface area is 140 Å². The van der Waals surface area contributed by atoms with E-state index >= 15 is 0 Å². The second-order valence-electron chi connectivity index (χ2n) is 4.87. The first-order valence-corrected chi connectivity index (χ1v) is 8.26. The lowest BCUT2D eigenvalue weighted by molar-refractivity contribution is 0.322. The van der Waals surface area contributed by atoms with Gasteiger partial charge in [0.2, 0.25) is 0 Å². The Kier molecular flexibility index (Phi) is 6.38. The lowest BCUT2D eigenvalue weighted by Gasteiger charge is -2.17. The maximum Gasteiger partial charge on any atom is 0.161 e. The predicted molar refractivity (Wildman–Crippen MR) is 94.1 cm³/mol. The van der Waals surface area contributed by atoms with Crippen LogP contribution in [-0.2, 0) is 0 Å². The van der Waals surface area contributed by atoms with Crippen molar-refractivity contribution in [1.29, 1.82) is 0 Å². The zero-order valence-corrected chi connectivity index (χ0v) is 13.7. The number of methoxy groups -OCH3 is 1. The third-order valence-electron chi connectivity index (χ3n) is 3.29. The van der Waals surface area contributed by atoms with Crippen molar-refractivity contribution in [3.8, 4) is 17.2 Å². The molecule has 0 aliphatic heterocycles. The van der Waals surface area contributed by atoms with Crippen molar-refractivity contribution in [1.82, 2.24) is 0 Å². The van der Waals surface area contributed by atoms with Gasteiger partial charge < -0.3 is 20.1 Å². The van der Waals surface area contributed by atoms with Gasteiger partial charge in [-0.25, -0.2) is 0 Å². The third-order valence-corrected chi connectivity index (χ3v) is 4.47. The van der Waals surface area contributed by atoms with Crippen LogP contribution in [0.2, 0.25) is 0 Å². The maximum absolute atomic E-state index is 9.79. The number of hydrogen-bond donors (Lipinski definition) is 3. The molecule has 0 aromatic heterocycles. The number of hydrogen-bond acceptors (Lipinski definition) is 5. The molecular weight excluding hydrogens is 312 g/mol. The average molecular weight is 332 g/mol. The van der Waals surface area contributed by atoms with Gasteiger partial charge in [-0.15, -0.1) is 11.8 Å². The van der Waals surface area contributed by atoms with Crippen LogP contribution >= 0.6 is 11.8 Å². The zero-order chi connectivity index (χ0) is 16.7. The minimum absolute atomic E-state index is 0.0622. The van der Waals surface area contributed by atoms with Crippen molar-refractivity contribution >= 4 is 17.8 Å². The Morgan fingerprint density at radius 1 is 1.13 bits per heavy atom. The van der Waals surface area contributed by atoms with Gasteiger partial charge in [0, 0.05) is 17.4 Å². The topological polar surface area (TPSA) is 69.9 Å². The van der Waals surface area contributed by atoms with Crippen molar-refractivity contribution < 1.29 is 20.1 Å². The smallest absolute Gasteiger partial charge is 0.161 e. The highest BCUT2D eigenvalue weighted by atomic mass is 32.2. The number of benzene rings is 2. The first-order valence-electron chi connectivity index (χ1n) is 7.21. The van der Waals surface area contributed by atoms with E-state index in [1.54, 1.807) is 0 Å². The van der Waals surface area contributed by atoms with Crippen LogP contribution in [0.4, 0.5) is 0 Å². The van der Waals surface area contributed by atoms with E-state index in [1.165, 1.54) is 31.0 Å². The van der Waals surface area contributed by atoms with E-state index in [0.29, 0.717) is 11.5 Å². The van der Waals surface area contributed by atoms with E-state index in [1.807, 2.05) is 42.5 Å². The molecule has 2 aromatic rings. The molecule has 0 saturated heterocycles. The second-order valence-corrected chi connectivity index (χ2v) is 6.12. The van der Waals surface area contributed by atoms with Crippen LogP contribution in [0.1, 0.15) is 16.4 Å². The number of ether oxygens (including phenoxy) is 1. The first kappa shape index (κ1) is 17.2. The quantitative estimate of drug-likeness (QED) is 0.676. The summed E-state index contributed by atoms with van der Waals surface area (Å²) in [6.07, 6.45) is 3.97. The fraction of sp³-hybridized carbons (Fsp3) is 0.222. The van der Waals surface area contributed by atoms with Gasteiger partial charge in [-0.1, -0.05) is 42.5 Å². The first-order chi connectivity index (χ1) is 11.2. The van der Waals surface area contributed by atoms with Gasteiger partial charge in [-0.3, -0.25) is 0 Å². The van der Waals surface area contributed by atoms with E-state index in [4.69, 9.17) is 9.84 Å². The van der Waals surface area contributed by atoms with Crippen molar-refractivity contribution in [2.45, 2.75) is 5.25 Å². The summed E-state index contributed by atoms with van der Waals surface area (Å²) in [7, 11) is 1.52. The number of thioether (sulfide) groups is 1. The molecule has 5 heteroatoms. The number of rotatable bonds is 7. The Bertz CT molecular complexity index is 656. The number of aliphatic hydroxyl groups excluding tert-OH is 1. The molecule has 4 nitrogen and oxygen atoms in total. The SMILES string of the molecule is COc1cc(O)c(O)cc1C(/C=C/c1ccccc1)SCCO. The van der Waals surface area contributed by atoms with Crippen LogP contribution in [0.5, 0.6) is 17.2 Å². The number of aliphatic hydroxyl groups is 1. The van der Waals surface area contributed by atoms with Gasteiger partial charge in [-0.05, 0) is 11.6 Å². The minimum Gasteiger partial charge on any atom is -0.504 e. The molecule has 1 atom stereocenters. The van der Waals surface area contributed by atoms with Crippen LogP contribution in [0.15, 0.2) is 48.5 Å². The summed E-state index contributed by atoms with van der Waals surface area (Å²) in [5.41, 5.74) is 1.80. The third kappa shape index (κ3) is 4.68. The highest BCUT2D eigenvalue weighted by molar-refractivity contribution is 7.99. The monoisotopic (exact) mass is 332 g/mol. The number of aromatic hydroxyl groups is 2. The van der Waals surface area contributed by atoms with E-state index in [2.05, 4.69) is 0 Å². The standard InChI is InChI=1S/C18H20O4S/c1-22-17-12-16(21)15(20)11-14(17)18(23-10-9-19)8-7-13-5-3-2-4-6-13/h2-8,11-12,18-21H,9-10H2,1H3/b8-7+. The molecule has 23 heavy (non-hydrogen) atoms. The highest BCUT2D eigenvalue weighted by Gasteiger charge is 2.17. The molecule has 2 rings (SSSR count). The molecule has 1 unspecified atom stereocenters. The van der Waals surface area contributed by atoms with Crippen LogP contribution in [-0.4, -0.2) is 34.8 Å². The summed E-state index contributed by atoms with van der Waals surface area (Å²) in [5.74, 6) is 0.634. The highest BCUT2D eigenvalue weighted by Crippen LogP contribution is 2.41. The van der Waals surface area contributed by atoms with E-state index < -0.39 is 0 Å². The van der Waals surface area contributed by atoms with Gasteiger partial charge in [0.25, 0.3) is 0 Å². The molecule has 0 bridgehead atoms. The molecule has 0 saturated carbocycles. The predicted octanol–water partition coefficient (Wildman–Crippen LogP) is 3.59. The molecule has 0 spiro atoms. The molecule has 0 radical (unpaired) electrons. The summed E-state index contributed by atoms with van der Waals surface area (Å²) >= 11 is 1.53. The largest absolute Gasteiger partial charge is 0.504 e. The number of phenolic OH excluding ortho intramolecular Hbond substituents is 2. The fourth-order valence-corrected chi connectivity index (χ4v) is 3.08. The van der Waals surface area contributed by atoms with Gasteiger partial charge in [0.05, 0.1) is 19.0 Å². The molecule has 0 amide bonds. The summed E-state index contributed by atoms with van der Waals surface area (Å²) < 4.78 is 5.31. The molecule has 2 aromatic carbocycles. The van der Waals surface area contributed by atoms with Crippen LogP contribution in [0.25, 0.3) is 6.08 Å². The maximum atomic E-state index is 9.79. The van der Waals surface area contributed by atoms with Gasteiger partial charge in [-0.2, -0.15) is 0 Å². The van der Waals surface area contributed by atoms with E-state index in [9.17, 15) is 10.2 Å². The Hall–Kier alpha value is -2.11. The van der Waals surface area contributed by atoms with Gasteiger partial charge in [0.15, 0.2) is 11.5 Å². The second kappa shape index (κ2) is 8.50. The van der Waals surface area contributed by atoms with Gasteiger partial charge >= 0.3 is 0 Å². The normalized spacial score (nSPS) is 12.4. The lowest BCUT2D eigenvalue weighted by atomic mass is 10.1. The zero-order valence-electron chi connectivity index (χ0n) is 12.8. The molecule has 0 aliphatic rings. The fourth-order valence-electron chi connectivity index (χ4n) is 2.16. The van der Waals surface area contributed by atoms with Crippen LogP contribution < -0.4 is 4.74 Å². The molecule has 0 aliphatic carbocycles. The minimum atomic E-state index is -0.219. The van der Waals surface area contributed by atoms with E-state index in [0.717, 1.165) is 11.1 Å². The summed E-state index contributed by atoms with van der Waals surface area (Å²) in [4.78, 5) is 0. The van der Waals surface area contributed by atoms with Crippen molar-refractivity contribution in [2.75, 3.05) is 19.5 Å². The molecule has 122 valence electrons.